The van der Waals surface area contributed by atoms with Crippen molar-refractivity contribution in [2.24, 2.45) is 0 Å². The summed E-state index contributed by atoms with van der Waals surface area (Å²) in [6.45, 7) is 2.51. The molecular weight excluding hydrogens is 406 g/mol. The third kappa shape index (κ3) is 3.60. The Bertz CT molecular complexity index is 1310. The van der Waals surface area contributed by atoms with Gasteiger partial charge in [0.05, 0.1) is 29.2 Å². The summed E-state index contributed by atoms with van der Waals surface area (Å²) < 4.78 is 6.90. The summed E-state index contributed by atoms with van der Waals surface area (Å²) >= 11 is 0. The van der Waals surface area contributed by atoms with Gasteiger partial charge in [-0.05, 0) is 42.5 Å². The zero-order chi connectivity index (χ0) is 22.1. The molecule has 8 nitrogen and oxygen atoms in total. The smallest absolute Gasteiger partial charge is 0.337 e. The van der Waals surface area contributed by atoms with Crippen molar-refractivity contribution in [1.29, 1.82) is 0 Å². The molecular formula is C24H23N5O3. The third-order valence-electron chi connectivity index (χ3n) is 5.75. The topological polar surface area (TPSA) is 79.2 Å². The van der Waals surface area contributed by atoms with Crippen LogP contribution in [0.2, 0.25) is 0 Å². The standard InChI is InChI=1S/C24H23N5O3/c1-32-23(30)17-6-4-7-18(16-17)25-24(31)28-14-12-27(13-15-28)22-21-10-5-11-29(21)20-9-3-2-8-19(20)26-22/h2-11,16H,12-15H2,1H3,(H,25,31). The van der Waals surface area contributed by atoms with Gasteiger partial charge < -0.3 is 24.3 Å². The first-order valence-electron chi connectivity index (χ1n) is 10.5. The summed E-state index contributed by atoms with van der Waals surface area (Å²) in [6, 6.07) is 18.7. The second-order valence-electron chi connectivity index (χ2n) is 7.66. The minimum absolute atomic E-state index is 0.189. The van der Waals surface area contributed by atoms with Gasteiger partial charge >= 0.3 is 12.0 Å². The first kappa shape index (κ1) is 19.9. The molecule has 1 fully saturated rings. The Balaban J connectivity index is 1.30. The number of esters is 1. The van der Waals surface area contributed by atoms with Crippen LogP contribution in [0.5, 0.6) is 0 Å². The number of carbonyl (C=O) groups excluding carboxylic acids is 2. The maximum Gasteiger partial charge on any atom is 0.337 e. The highest BCUT2D eigenvalue weighted by Gasteiger charge is 2.24. The number of para-hydroxylation sites is 2. The molecule has 0 atom stereocenters. The van der Waals surface area contributed by atoms with Crippen molar-refractivity contribution >= 4 is 40.1 Å². The molecule has 0 bridgehead atoms. The molecule has 1 saturated heterocycles. The van der Waals surface area contributed by atoms with Crippen LogP contribution in [0, 0.1) is 0 Å². The van der Waals surface area contributed by atoms with Crippen molar-refractivity contribution in [2.45, 2.75) is 0 Å². The number of ether oxygens (including phenoxy) is 1. The molecule has 0 spiro atoms. The summed E-state index contributed by atoms with van der Waals surface area (Å²) in [5.74, 6) is 0.494. The number of fused-ring (bicyclic) bond motifs is 3. The number of amides is 2. The fourth-order valence-corrected chi connectivity index (χ4v) is 4.11. The van der Waals surface area contributed by atoms with E-state index in [1.54, 1.807) is 29.2 Å². The number of rotatable bonds is 3. The van der Waals surface area contributed by atoms with E-state index in [1.165, 1.54) is 7.11 Å². The number of benzene rings is 2. The maximum absolute atomic E-state index is 12.8. The number of urea groups is 1. The van der Waals surface area contributed by atoms with Gasteiger partial charge in [-0.15, -0.1) is 0 Å². The lowest BCUT2D eigenvalue weighted by Gasteiger charge is -2.35. The molecule has 1 aliphatic heterocycles. The second kappa shape index (κ2) is 8.22. The first-order valence-corrected chi connectivity index (χ1v) is 10.5. The number of carbonyl (C=O) groups is 2. The Morgan fingerprint density at radius 1 is 0.938 bits per heavy atom. The van der Waals surface area contributed by atoms with E-state index in [0.717, 1.165) is 22.4 Å². The van der Waals surface area contributed by atoms with Gasteiger partial charge in [0.1, 0.15) is 0 Å². The second-order valence-corrected chi connectivity index (χ2v) is 7.66. The van der Waals surface area contributed by atoms with Crippen LogP contribution in [0.3, 0.4) is 0 Å². The molecule has 2 aromatic heterocycles. The maximum atomic E-state index is 12.8. The van der Waals surface area contributed by atoms with E-state index in [9.17, 15) is 9.59 Å². The number of methoxy groups -OCH3 is 1. The monoisotopic (exact) mass is 429 g/mol. The summed E-state index contributed by atoms with van der Waals surface area (Å²) in [4.78, 5) is 33.4. The fraction of sp³-hybridized carbons (Fsp3) is 0.208. The van der Waals surface area contributed by atoms with Crippen molar-refractivity contribution < 1.29 is 14.3 Å². The van der Waals surface area contributed by atoms with E-state index >= 15 is 0 Å². The molecule has 1 aliphatic rings. The minimum Gasteiger partial charge on any atom is -0.465 e. The molecule has 8 heteroatoms. The molecule has 2 amide bonds. The molecule has 0 radical (unpaired) electrons. The Kier molecular flexibility index (Phi) is 5.10. The predicted octanol–water partition coefficient (Wildman–Crippen LogP) is 3.63. The van der Waals surface area contributed by atoms with E-state index in [0.29, 0.717) is 37.4 Å². The lowest BCUT2D eigenvalue weighted by molar-refractivity contribution is 0.0600. The summed E-state index contributed by atoms with van der Waals surface area (Å²) in [5.41, 5.74) is 4.03. The summed E-state index contributed by atoms with van der Waals surface area (Å²) in [7, 11) is 1.33. The van der Waals surface area contributed by atoms with E-state index in [-0.39, 0.29) is 6.03 Å². The van der Waals surface area contributed by atoms with Crippen molar-refractivity contribution in [1.82, 2.24) is 14.3 Å². The molecule has 1 N–H and O–H groups in total. The lowest BCUT2D eigenvalue weighted by atomic mass is 10.2. The largest absolute Gasteiger partial charge is 0.465 e. The molecule has 32 heavy (non-hydrogen) atoms. The van der Waals surface area contributed by atoms with Gasteiger partial charge in [0.2, 0.25) is 0 Å². The molecule has 162 valence electrons. The SMILES string of the molecule is COC(=O)c1cccc(NC(=O)N2CCN(c3nc4ccccc4n4cccc34)CC2)c1. The van der Waals surface area contributed by atoms with Gasteiger partial charge in [-0.25, -0.2) is 14.6 Å². The van der Waals surface area contributed by atoms with Gasteiger partial charge in [-0.1, -0.05) is 18.2 Å². The van der Waals surface area contributed by atoms with Crippen molar-refractivity contribution in [3.05, 3.63) is 72.4 Å². The van der Waals surface area contributed by atoms with Crippen LogP contribution in [0.1, 0.15) is 10.4 Å². The predicted molar refractivity (Wildman–Crippen MR) is 123 cm³/mol. The van der Waals surface area contributed by atoms with Gasteiger partial charge in [0.15, 0.2) is 5.82 Å². The van der Waals surface area contributed by atoms with Crippen LogP contribution < -0.4 is 10.2 Å². The quantitative estimate of drug-likeness (QED) is 0.503. The average molecular weight is 429 g/mol. The fourth-order valence-electron chi connectivity index (χ4n) is 4.11. The van der Waals surface area contributed by atoms with Crippen molar-refractivity contribution in [2.75, 3.05) is 43.5 Å². The number of nitrogens with one attached hydrogen (secondary N) is 1. The van der Waals surface area contributed by atoms with Crippen LogP contribution in [0.25, 0.3) is 16.6 Å². The van der Waals surface area contributed by atoms with Crippen LogP contribution in [0.4, 0.5) is 16.3 Å². The highest BCUT2D eigenvalue weighted by molar-refractivity contribution is 5.94. The Morgan fingerprint density at radius 3 is 2.53 bits per heavy atom. The molecule has 0 unspecified atom stereocenters. The number of hydrogen-bond acceptors (Lipinski definition) is 5. The van der Waals surface area contributed by atoms with Gasteiger partial charge in [-0.3, -0.25) is 0 Å². The summed E-state index contributed by atoms with van der Waals surface area (Å²) in [5, 5.41) is 2.88. The molecule has 2 aromatic carbocycles. The zero-order valence-corrected chi connectivity index (χ0v) is 17.7. The first-order chi connectivity index (χ1) is 15.6. The van der Waals surface area contributed by atoms with Gasteiger partial charge in [-0.2, -0.15) is 0 Å². The van der Waals surface area contributed by atoms with E-state index in [1.807, 2.05) is 24.3 Å². The number of anilines is 2. The number of hydrogen-bond donors (Lipinski definition) is 1. The molecule has 0 saturated carbocycles. The van der Waals surface area contributed by atoms with Crippen molar-refractivity contribution in [3.8, 4) is 0 Å². The lowest BCUT2D eigenvalue weighted by Crippen LogP contribution is -2.50. The normalized spacial score (nSPS) is 14.0. The Labute approximate surface area is 185 Å². The summed E-state index contributed by atoms with van der Waals surface area (Å²) in [6.07, 6.45) is 2.05. The van der Waals surface area contributed by atoms with Crippen LogP contribution in [0.15, 0.2) is 66.9 Å². The van der Waals surface area contributed by atoms with Gasteiger partial charge in [0.25, 0.3) is 0 Å². The molecule has 3 heterocycles. The minimum atomic E-state index is -0.436. The van der Waals surface area contributed by atoms with E-state index < -0.39 is 5.97 Å². The van der Waals surface area contributed by atoms with Crippen LogP contribution in [-0.4, -0.2) is 59.6 Å². The van der Waals surface area contributed by atoms with Gasteiger partial charge in [0, 0.05) is 38.1 Å². The molecule has 0 aliphatic carbocycles. The highest BCUT2D eigenvalue weighted by Crippen LogP contribution is 2.26. The van der Waals surface area contributed by atoms with E-state index in [2.05, 4.69) is 32.9 Å². The highest BCUT2D eigenvalue weighted by atomic mass is 16.5. The van der Waals surface area contributed by atoms with Crippen molar-refractivity contribution in [3.63, 3.8) is 0 Å². The molecule has 5 rings (SSSR count). The number of piperazine rings is 1. The van der Waals surface area contributed by atoms with E-state index in [4.69, 9.17) is 9.72 Å². The Morgan fingerprint density at radius 2 is 1.72 bits per heavy atom. The van der Waals surface area contributed by atoms with Crippen LogP contribution >= 0.6 is 0 Å². The Hall–Kier alpha value is -4.07. The number of aromatic nitrogens is 2. The average Bonchev–Trinajstić information content (AvgIpc) is 3.34. The third-order valence-corrected chi connectivity index (χ3v) is 5.75. The zero-order valence-electron chi connectivity index (χ0n) is 17.7. The number of nitrogens with zero attached hydrogens (tertiary/aromatic N) is 4. The molecule has 4 aromatic rings. The van der Waals surface area contributed by atoms with Crippen LogP contribution in [-0.2, 0) is 4.74 Å².